The Bertz CT molecular complexity index is 798. The van der Waals surface area contributed by atoms with Crippen LogP contribution in [0.5, 0.6) is 11.5 Å². The van der Waals surface area contributed by atoms with E-state index in [9.17, 15) is 10.1 Å². The number of hydrogen-bond acceptors (Lipinski definition) is 5. The van der Waals surface area contributed by atoms with E-state index in [1.165, 1.54) is 12.1 Å². The highest BCUT2D eigenvalue weighted by atomic mass is 16.6. The number of nitrogens with zero attached hydrogens (tertiary/aromatic N) is 2. The zero-order valence-electron chi connectivity index (χ0n) is 15.0. The second-order valence-corrected chi connectivity index (χ2v) is 5.58. The van der Waals surface area contributed by atoms with Gasteiger partial charge in [-0.1, -0.05) is 13.0 Å². The van der Waals surface area contributed by atoms with Gasteiger partial charge in [0, 0.05) is 23.9 Å². The van der Waals surface area contributed by atoms with Crippen molar-refractivity contribution in [3.63, 3.8) is 0 Å². The predicted molar refractivity (Wildman–Crippen MR) is 103 cm³/mol. The molecule has 0 aliphatic rings. The van der Waals surface area contributed by atoms with Crippen LogP contribution in [-0.4, -0.2) is 24.9 Å². The summed E-state index contributed by atoms with van der Waals surface area (Å²) in [4.78, 5) is 14.6. The first-order valence-electron chi connectivity index (χ1n) is 8.32. The Morgan fingerprint density at radius 2 is 2.00 bits per heavy atom. The van der Waals surface area contributed by atoms with Crippen LogP contribution in [0.1, 0.15) is 24.5 Å². The van der Waals surface area contributed by atoms with Gasteiger partial charge >= 0.3 is 0 Å². The molecule has 0 spiro atoms. The number of non-ortho nitro benzene ring substituents is 1. The van der Waals surface area contributed by atoms with Gasteiger partial charge < -0.3 is 9.47 Å². The maximum atomic E-state index is 10.7. The van der Waals surface area contributed by atoms with Crippen LogP contribution in [-0.2, 0) is 6.42 Å². The van der Waals surface area contributed by atoms with Crippen molar-refractivity contribution < 1.29 is 14.4 Å². The summed E-state index contributed by atoms with van der Waals surface area (Å²) in [5.41, 5.74) is 2.49. The van der Waals surface area contributed by atoms with E-state index in [1.807, 2.05) is 25.1 Å². The van der Waals surface area contributed by atoms with Gasteiger partial charge in [-0.2, -0.15) is 0 Å². The number of nitro groups is 1. The monoisotopic (exact) mass is 354 g/mol. The van der Waals surface area contributed by atoms with Crippen LogP contribution >= 0.6 is 0 Å². The summed E-state index contributed by atoms with van der Waals surface area (Å²) >= 11 is 0. The highest BCUT2D eigenvalue weighted by Gasteiger charge is 2.12. The first-order valence-corrected chi connectivity index (χ1v) is 8.32. The third-order valence-corrected chi connectivity index (χ3v) is 3.61. The second kappa shape index (κ2) is 9.36. The normalized spacial score (nSPS) is 10.7. The van der Waals surface area contributed by atoms with Gasteiger partial charge in [-0.15, -0.1) is 6.58 Å². The van der Waals surface area contributed by atoms with E-state index in [2.05, 4.69) is 11.6 Å². The van der Waals surface area contributed by atoms with Crippen LogP contribution in [0, 0.1) is 10.1 Å². The molecule has 0 aliphatic heterocycles. The number of rotatable bonds is 9. The van der Waals surface area contributed by atoms with Crippen LogP contribution in [0.3, 0.4) is 0 Å². The summed E-state index contributed by atoms with van der Waals surface area (Å²) in [5, 5.41) is 10.7. The average Bonchev–Trinajstić information content (AvgIpc) is 2.65. The van der Waals surface area contributed by atoms with Crippen molar-refractivity contribution in [3.05, 3.63) is 70.3 Å². The van der Waals surface area contributed by atoms with E-state index in [-0.39, 0.29) is 5.69 Å². The van der Waals surface area contributed by atoms with Gasteiger partial charge in [-0.05, 0) is 42.7 Å². The average molecular weight is 354 g/mol. The Hall–Kier alpha value is -3.15. The van der Waals surface area contributed by atoms with E-state index in [4.69, 9.17) is 9.47 Å². The zero-order chi connectivity index (χ0) is 18.9. The molecule has 0 amide bonds. The summed E-state index contributed by atoms with van der Waals surface area (Å²) < 4.78 is 11.3. The number of methoxy groups -OCH3 is 1. The molecule has 0 bridgehead atoms. The lowest BCUT2D eigenvalue weighted by Crippen LogP contribution is -2.02. The standard InChI is InChI=1S/C20H22N2O4/c1-4-6-16-12-15(13-19(25-3)20(16)26-11-5-2)14-21-17-7-9-18(10-8-17)22(23)24/h4,7-10,12-14H,1,5-6,11H2,2-3H3. The Kier molecular flexibility index (Phi) is 6.91. The quantitative estimate of drug-likeness (QED) is 0.279. The van der Waals surface area contributed by atoms with E-state index < -0.39 is 4.92 Å². The first-order chi connectivity index (χ1) is 12.6. The minimum atomic E-state index is -0.436. The summed E-state index contributed by atoms with van der Waals surface area (Å²) in [6.45, 7) is 6.45. The topological polar surface area (TPSA) is 74.0 Å². The van der Waals surface area contributed by atoms with Crippen molar-refractivity contribution >= 4 is 17.6 Å². The minimum Gasteiger partial charge on any atom is -0.493 e. The molecule has 2 aromatic carbocycles. The van der Waals surface area contributed by atoms with E-state index in [1.54, 1.807) is 25.5 Å². The number of nitro benzene ring substituents is 1. The van der Waals surface area contributed by atoms with Gasteiger partial charge in [0.05, 0.1) is 24.3 Å². The minimum absolute atomic E-state index is 0.0383. The fourth-order valence-corrected chi connectivity index (χ4v) is 2.39. The predicted octanol–water partition coefficient (Wildman–Crippen LogP) is 4.87. The Morgan fingerprint density at radius 3 is 2.58 bits per heavy atom. The van der Waals surface area contributed by atoms with Crippen LogP contribution in [0.15, 0.2) is 54.0 Å². The summed E-state index contributed by atoms with van der Waals surface area (Å²) in [7, 11) is 1.60. The van der Waals surface area contributed by atoms with Crippen molar-refractivity contribution in [2.45, 2.75) is 19.8 Å². The lowest BCUT2D eigenvalue weighted by atomic mass is 10.1. The smallest absolute Gasteiger partial charge is 0.269 e. The van der Waals surface area contributed by atoms with Crippen molar-refractivity contribution in [1.29, 1.82) is 0 Å². The van der Waals surface area contributed by atoms with Crippen molar-refractivity contribution in [2.75, 3.05) is 13.7 Å². The van der Waals surface area contributed by atoms with Crippen molar-refractivity contribution in [1.82, 2.24) is 0 Å². The molecular weight excluding hydrogens is 332 g/mol. The Balaban J connectivity index is 2.31. The second-order valence-electron chi connectivity index (χ2n) is 5.58. The van der Waals surface area contributed by atoms with Crippen LogP contribution in [0.2, 0.25) is 0 Å². The summed E-state index contributed by atoms with van der Waals surface area (Å²) in [6, 6.07) is 9.90. The Morgan fingerprint density at radius 1 is 1.27 bits per heavy atom. The van der Waals surface area contributed by atoms with Gasteiger partial charge in [-0.3, -0.25) is 15.1 Å². The van der Waals surface area contributed by atoms with Crippen LogP contribution in [0.25, 0.3) is 0 Å². The molecular formula is C20H22N2O4. The van der Waals surface area contributed by atoms with Crippen molar-refractivity contribution in [3.8, 4) is 11.5 Å². The Labute approximate surface area is 152 Å². The molecule has 6 nitrogen and oxygen atoms in total. The van der Waals surface area contributed by atoms with Gasteiger partial charge in [0.2, 0.25) is 0 Å². The number of aliphatic imine (C=N–C) groups is 1. The number of benzene rings is 2. The molecule has 136 valence electrons. The molecule has 0 saturated heterocycles. The van der Waals surface area contributed by atoms with Crippen LogP contribution in [0.4, 0.5) is 11.4 Å². The fraction of sp³-hybridized carbons (Fsp3) is 0.250. The third-order valence-electron chi connectivity index (χ3n) is 3.61. The molecule has 0 saturated carbocycles. The molecule has 0 N–H and O–H groups in total. The third kappa shape index (κ3) is 4.92. The van der Waals surface area contributed by atoms with Crippen molar-refractivity contribution in [2.24, 2.45) is 4.99 Å². The molecule has 6 heteroatoms. The van der Waals surface area contributed by atoms with E-state index >= 15 is 0 Å². The molecule has 0 aliphatic carbocycles. The highest BCUT2D eigenvalue weighted by molar-refractivity contribution is 5.84. The first kappa shape index (κ1) is 19.2. The molecule has 26 heavy (non-hydrogen) atoms. The molecule has 2 rings (SSSR count). The molecule has 0 aromatic heterocycles. The lowest BCUT2D eigenvalue weighted by Gasteiger charge is -2.15. The highest BCUT2D eigenvalue weighted by Crippen LogP contribution is 2.33. The van der Waals surface area contributed by atoms with Gasteiger partial charge in [0.1, 0.15) is 0 Å². The van der Waals surface area contributed by atoms with E-state index in [0.29, 0.717) is 24.5 Å². The molecule has 0 radical (unpaired) electrons. The summed E-state index contributed by atoms with van der Waals surface area (Å²) in [6.07, 6.45) is 5.05. The van der Waals surface area contributed by atoms with Crippen LogP contribution < -0.4 is 9.47 Å². The largest absolute Gasteiger partial charge is 0.493 e. The van der Waals surface area contributed by atoms with Gasteiger partial charge in [0.15, 0.2) is 11.5 Å². The van der Waals surface area contributed by atoms with E-state index in [0.717, 1.165) is 23.3 Å². The fourth-order valence-electron chi connectivity index (χ4n) is 2.39. The molecule has 0 heterocycles. The van der Waals surface area contributed by atoms with Gasteiger partial charge in [-0.25, -0.2) is 0 Å². The SMILES string of the molecule is C=CCc1cc(C=Nc2ccc([N+](=O)[O-])cc2)cc(OC)c1OCCC. The maximum Gasteiger partial charge on any atom is 0.269 e. The zero-order valence-corrected chi connectivity index (χ0v) is 15.0. The lowest BCUT2D eigenvalue weighted by molar-refractivity contribution is -0.384. The number of ether oxygens (including phenoxy) is 2. The summed E-state index contributed by atoms with van der Waals surface area (Å²) in [5.74, 6) is 1.37. The molecule has 2 aromatic rings. The molecule has 0 fully saturated rings. The number of hydrogen-bond donors (Lipinski definition) is 0. The number of allylic oxidation sites excluding steroid dienone is 1. The molecule has 0 atom stereocenters. The maximum absolute atomic E-state index is 10.7. The molecule has 0 unspecified atom stereocenters. The van der Waals surface area contributed by atoms with Gasteiger partial charge in [0.25, 0.3) is 5.69 Å².